The smallest absolute Gasteiger partial charge is 0.310 e. The molecule has 0 aliphatic rings. The van der Waals surface area contributed by atoms with Gasteiger partial charge in [0.25, 0.3) is 5.91 Å². The Morgan fingerprint density at radius 2 is 1.75 bits per heavy atom. The van der Waals surface area contributed by atoms with Crippen molar-refractivity contribution in [2.24, 2.45) is 0 Å². The highest BCUT2D eigenvalue weighted by Gasteiger charge is 2.15. The lowest BCUT2D eigenvalue weighted by Crippen LogP contribution is -2.20. The molecule has 0 saturated carbocycles. The van der Waals surface area contributed by atoms with Crippen molar-refractivity contribution in [3.63, 3.8) is 0 Å². The van der Waals surface area contributed by atoms with Gasteiger partial charge < -0.3 is 14.8 Å². The van der Waals surface area contributed by atoms with Crippen LogP contribution in [0.25, 0.3) is 0 Å². The number of benzene rings is 3. The van der Waals surface area contributed by atoms with E-state index in [1.807, 2.05) is 31.2 Å². The van der Waals surface area contributed by atoms with Crippen LogP contribution in [0.15, 0.2) is 72.8 Å². The van der Waals surface area contributed by atoms with Crippen LogP contribution in [-0.2, 0) is 4.79 Å². The molecule has 7 heteroatoms. The first-order valence-electron chi connectivity index (χ1n) is 8.52. The predicted octanol–water partition coefficient (Wildman–Crippen LogP) is 4.71. The summed E-state index contributed by atoms with van der Waals surface area (Å²) >= 11 is 0. The Labute approximate surface area is 161 Å². The maximum absolute atomic E-state index is 12.0. The maximum Gasteiger partial charge on any atom is 0.310 e. The van der Waals surface area contributed by atoms with Crippen molar-refractivity contribution in [2.75, 3.05) is 11.9 Å². The van der Waals surface area contributed by atoms with Crippen LogP contribution in [0, 0.1) is 17.0 Å². The fourth-order valence-electron chi connectivity index (χ4n) is 2.49. The SMILES string of the molecule is Cc1cccc(Oc2ccc(NC(=O)COc3ccccc3[N+](=O)[O-])cc2)c1. The summed E-state index contributed by atoms with van der Waals surface area (Å²) in [6.45, 7) is 1.64. The third-order valence-corrected chi connectivity index (χ3v) is 3.78. The van der Waals surface area contributed by atoms with E-state index in [2.05, 4.69) is 5.32 Å². The van der Waals surface area contributed by atoms with Gasteiger partial charge in [0, 0.05) is 11.8 Å². The summed E-state index contributed by atoms with van der Waals surface area (Å²) in [4.78, 5) is 22.4. The number of carbonyl (C=O) groups is 1. The summed E-state index contributed by atoms with van der Waals surface area (Å²) in [5.41, 5.74) is 1.47. The molecule has 0 fully saturated rings. The van der Waals surface area contributed by atoms with E-state index in [1.54, 1.807) is 30.3 Å². The molecule has 28 heavy (non-hydrogen) atoms. The zero-order chi connectivity index (χ0) is 19.9. The van der Waals surface area contributed by atoms with Crippen LogP contribution in [0.4, 0.5) is 11.4 Å². The Morgan fingerprint density at radius 3 is 2.46 bits per heavy atom. The number of aryl methyl sites for hydroxylation is 1. The Kier molecular flexibility index (Phi) is 5.86. The van der Waals surface area contributed by atoms with Crippen LogP contribution in [0.3, 0.4) is 0 Å². The van der Waals surface area contributed by atoms with Crippen LogP contribution in [-0.4, -0.2) is 17.4 Å². The van der Waals surface area contributed by atoms with Gasteiger partial charge >= 0.3 is 5.69 Å². The van der Waals surface area contributed by atoms with Gasteiger partial charge in [0.1, 0.15) is 11.5 Å². The van der Waals surface area contributed by atoms with Crippen molar-refractivity contribution >= 4 is 17.3 Å². The minimum atomic E-state index is -0.555. The Bertz CT molecular complexity index is 986. The van der Waals surface area contributed by atoms with Crippen molar-refractivity contribution in [1.82, 2.24) is 0 Å². The van der Waals surface area contributed by atoms with E-state index in [4.69, 9.17) is 9.47 Å². The van der Waals surface area contributed by atoms with Gasteiger partial charge in [-0.15, -0.1) is 0 Å². The molecule has 142 valence electrons. The van der Waals surface area contributed by atoms with E-state index < -0.39 is 10.8 Å². The fourth-order valence-corrected chi connectivity index (χ4v) is 2.49. The van der Waals surface area contributed by atoms with E-state index in [-0.39, 0.29) is 18.0 Å². The normalized spacial score (nSPS) is 10.2. The number of nitrogens with one attached hydrogen (secondary N) is 1. The number of para-hydroxylation sites is 2. The summed E-state index contributed by atoms with van der Waals surface area (Å²) in [5.74, 6) is 0.990. The Balaban J connectivity index is 1.55. The van der Waals surface area contributed by atoms with Crippen molar-refractivity contribution in [3.8, 4) is 17.2 Å². The molecular weight excluding hydrogens is 360 g/mol. The van der Waals surface area contributed by atoms with Gasteiger partial charge in [-0.2, -0.15) is 0 Å². The minimum absolute atomic E-state index is 0.0459. The molecule has 3 aromatic carbocycles. The molecular formula is C21H18N2O5. The van der Waals surface area contributed by atoms with E-state index in [0.717, 1.165) is 11.3 Å². The first-order chi connectivity index (χ1) is 13.5. The van der Waals surface area contributed by atoms with Gasteiger partial charge in [-0.05, 0) is 55.0 Å². The zero-order valence-corrected chi connectivity index (χ0v) is 15.1. The van der Waals surface area contributed by atoms with Gasteiger partial charge in [0.2, 0.25) is 0 Å². The number of anilines is 1. The monoisotopic (exact) mass is 378 g/mol. The number of carbonyl (C=O) groups excluding carboxylic acids is 1. The largest absolute Gasteiger partial charge is 0.477 e. The van der Waals surface area contributed by atoms with Gasteiger partial charge in [0.05, 0.1) is 4.92 Å². The summed E-state index contributed by atoms with van der Waals surface area (Å²) in [5, 5.41) is 13.6. The van der Waals surface area contributed by atoms with Crippen LogP contribution >= 0.6 is 0 Å². The van der Waals surface area contributed by atoms with Crippen molar-refractivity contribution < 1.29 is 19.2 Å². The third-order valence-electron chi connectivity index (χ3n) is 3.78. The molecule has 0 atom stereocenters. The first-order valence-corrected chi connectivity index (χ1v) is 8.52. The number of nitro groups is 1. The Hall–Kier alpha value is -3.87. The predicted molar refractivity (Wildman–Crippen MR) is 105 cm³/mol. The second-order valence-corrected chi connectivity index (χ2v) is 6.00. The van der Waals surface area contributed by atoms with Gasteiger partial charge in [-0.1, -0.05) is 24.3 Å². The molecule has 0 aliphatic heterocycles. The molecule has 0 unspecified atom stereocenters. The first kappa shape index (κ1) is 18.9. The lowest BCUT2D eigenvalue weighted by atomic mass is 10.2. The second kappa shape index (κ2) is 8.68. The summed E-state index contributed by atoms with van der Waals surface area (Å²) in [6, 6.07) is 20.5. The average molecular weight is 378 g/mol. The maximum atomic E-state index is 12.0. The number of ether oxygens (including phenoxy) is 2. The number of rotatable bonds is 7. The van der Waals surface area contributed by atoms with Gasteiger partial charge in [-0.3, -0.25) is 14.9 Å². The highest BCUT2D eigenvalue weighted by Crippen LogP contribution is 2.26. The van der Waals surface area contributed by atoms with Crippen LogP contribution in [0.5, 0.6) is 17.2 Å². The number of nitro benzene ring substituents is 1. The van der Waals surface area contributed by atoms with E-state index in [1.165, 1.54) is 18.2 Å². The van der Waals surface area contributed by atoms with Crippen molar-refractivity contribution in [3.05, 3.63) is 88.5 Å². The van der Waals surface area contributed by atoms with Crippen molar-refractivity contribution in [1.29, 1.82) is 0 Å². The molecule has 1 N–H and O–H groups in total. The zero-order valence-electron chi connectivity index (χ0n) is 15.1. The van der Waals surface area contributed by atoms with Crippen LogP contribution < -0.4 is 14.8 Å². The molecule has 0 spiro atoms. The van der Waals surface area contributed by atoms with Crippen LogP contribution in [0.1, 0.15) is 5.56 Å². The van der Waals surface area contributed by atoms with E-state index in [9.17, 15) is 14.9 Å². The molecule has 7 nitrogen and oxygen atoms in total. The van der Waals surface area contributed by atoms with Crippen molar-refractivity contribution in [2.45, 2.75) is 6.92 Å². The lowest BCUT2D eigenvalue weighted by molar-refractivity contribution is -0.385. The summed E-state index contributed by atoms with van der Waals surface area (Å²) < 4.78 is 11.0. The van der Waals surface area contributed by atoms with Crippen LogP contribution in [0.2, 0.25) is 0 Å². The highest BCUT2D eigenvalue weighted by atomic mass is 16.6. The third kappa shape index (κ3) is 5.07. The molecule has 0 radical (unpaired) electrons. The fraction of sp³-hybridized carbons (Fsp3) is 0.0952. The molecule has 3 aromatic rings. The number of hydrogen-bond donors (Lipinski definition) is 1. The molecule has 0 bridgehead atoms. The standard InChI is InChI=1S/C21H18N2O5/c1-15-5-4-6-18(13-15)28-17-11-9-16(10-12-17)22-21(24)14-27-20-8-3-2-7-19(20)23(25)26/h2-13H,14H2,1H3,(H,22,24). The molecule has 0 aromatic heterocycles. The molecule has 0 saturated heterocycles. The Morgan fingerprint density at radius 1 is 1.00 bits per heavy atom. The van der Waals surface area contributed by atoms with Gasteiger partial charge in [0.15, 0.2) is 12.4 Å². The van der Waals surface area contributed by atoms with E-state index in [0.29, 0.717) is 11.4 Å². The second-order valence-electron chi connectivity index (χ2n) is 6.00. The molecule has 3 rings (SSSR count). The summed E-state index contributed by atoms with van der Waals surface area (Å²) in [6.07, 6.45) is 0. The lowest BCUT2D eigenvalue weighted by Gasteiger charge is -2.09. The highest BCUT2D eigenvalue weighted by molar-refractivity contribution is 5.92. The minimum Gasteiger partial charge on any atom is -0.477 e. The van der Waals surface area contributed by atoms with E-state index >= 15 is 0 Å². The molecule has 0 aliphatic carbocycles. The number of nitrogens with zero attached hydrogens (tertiary/aromatic N) is 1. The topological polar surface area (TPSA) is 90.7 Å². The number of hydrogen-bond acceptors (Lipinski definition) is 5. The summed E-state index contributed by atoms with van der Waals surface area (Å²) in [7, 11) is 0. The molecule has 0 heterocycles. The van der Waals surface area contributed by atoms with Gasteiger partial charge in [-0.25, -0.2) is 0 Å². The quantitative estimate of drug-likeness (QED) is 0.475. The number of amides is 1. The average Bonchev–Trinajstić information content (AvgIpc) is 2.68. The molecule has 1 amide bonds.